The Hall–Kier alpha value is -2.33. The molecule has 0 bridgehead atoms. The molecule has 2 aromatic rings. The van der Waals surface area contributed by atoms with E-state index in [0.29, 0.717) is 23.2 Å². The van der Waals surface area contributed by atoms with Gasteiger partial charge >= 0.3 is 6.09 Å². The maximum atomic E-state index is 13.8. The quantitative estimate of drug-likeness (QED) is 0.715. The number of likely N-dealkylation sites (tertiary alicyclic amines) is 1. The van der Waals surface area contributed by atoms with Crippen LogP contribution in [0.25, 0.3) is 10.6 Å². The van der Waals surface area contributed by atoms with E-state index in [4.69, 9.17) is 4.74 Å². The molecule has 31 heavy (non-hydrogen) atoms. The molecule has 0 radical (unpaired) electrons. The zero-order chi connectivity index (χ0) is 21.4. The Morgan fingerprint density at radius 2 is 2.13 bits per heavy atom. The lowest BCUT2D eigenvalue weighted by atomic mass is 9.78. The average molecular weight is 447 g/mol. The van der Waals surface area contributed by atoms with Crippen LogP contribution in [0, 0.1) is 11.2 Å². The summed E-state index contributed by atoms with van der Waals surface area (Å²) in [6, 6.07) is 2.07. The van der Waals surface area contributed by atoms with Gasteiger partial charge in [-0.1, -0.05) is 11.3 Å². The Morgan fingerprint density at radius 3 is 2.84 bits per heavy atom. The lowest BCUT2D eigenvalue weighted by molar-refractivity contribution is -0.00294. The first-order valence-corrected chi connectivity index (χ1v) is 11.8. The van der Waals surface area contributed by atoms with E-state index >= 15 is 0 Å². The molecular formula is C21H27FN6O2S. The largest absolute Gasteiger partial charge is 0.450 e. The Balaban J connectivity index is 1.19. The van der Waals surface area contributed by atoms with E-state index < -0.39 is 0 Å². The molecular weight excluding hydrogens is 419 g/mol. The minimum absolute atomic E-state index is 0.178. The van der Waals surface area contributed by atoms with Crippen LogP contribution in [-0.2, 0) is 4.74 Å². The summed E-state index contributed by atoms with van der Waals surface area (Å²) in [6.07, 6.45) is 4.60. The maximum absolute atomic E-state index is 13.8. The number of amides is 1. The number of pyridine rings is 1. The zero-order valence-electron chi connectivity index (χ0n) is 17.7. The lowest BCUT2D eigenvalue weighted by Crippen LogP contribution is -2.58. The number of halogens is 1. The van der Waals surface area contributed by atoms with Crippen LogP contribution in [0.5, 0.6) is 0 Å². The van der Waals surface area contributed by atoms with Crippen molar-refractivity contribution in [2.45, 2.75) is 32.2 Å². The highest BCUT2D eigenvalue weighted by Gasteiger charge is 2.51. The van der Waals surface area contributed by atoms with Gasteiger partial charge in [-0.05, 0) is 32.3 Å². The highest BCUT2D eigenvalue weighted by atomic mass is 32.1. The average Bonchev–Trinajstić information content (AvgIpc) is 3.43. The second-order valence-electron chi connectivity index (χ2n) is 8.74. The molecule has 1 saturated carbocycles. The lowest BCUT2D eigenvalue weighted by Gasteiger charge is -2.48. The fraction of sp³-hybridized carbons (Fsp3) is 0.619. The zero-order valence-corrected chi connectivity index (χ0v) is 18.5. The minimum atomic E-state index is -0.360. The molecule has 1 atom stereocenters. The van der Waals surface area contributed by atoms with E-state index in [1.54, 1.807) is 5.51 Å². The number of carbonyl (C=O) groups is 1. The number of piperazine rings is 1. The number of aromatic nitrogens is 3. The van der Waals surface area contributed by atoms with Crippen molar-refractivity contribution in [2.24, 2.45) is 5.41 Å². The summed E-state index contributed by atoms with van der Waals surface area (Å²) in [5.74, 6) is 0.422. The molecule has 1 aliphatic carbocycles. The molecule has 1 amide bonds. The van der Waals surface area contributed by atoms with Crippen molar-refractivity contribution in [3.05, 3.63) is 23.6 Å². The van der Waals surface area contributed by atoms with Crippen molar-refractivity contribution in [2.75, 3.05) is 50.8 Å². The minimum Gasteiger partial charge on any atom is -0.450 e. The van der Waals surface area contributed by atoms with Crippen molar-refractivity contribution >= 4 is 23.2 Å². The third-order valence-electron chi connectivity index (χ3n) is 6.81. The summed E-state index contributed by atoms with van der Waals surface area (Å²) in [7, 11) is 0. The first-order valence-electron chi connectivity index (χ1n) is 10.9. The summed E-state index contributed by atoms with van der Waals surface area (Å²) in [5.41, 5.74) is 2.64. The fourth-order valence-corrected chi connectivity index (χ4v) is 5.88. The van der Waals surface area contributed by atoms with Crippen molar-refractivity contribution in [3.63, 3.8) is 0 Å². The molecule has 2 saturated heterocycles. The Bertz CT molecular complexity index is 928. The SMILES string of the molecule is CCOC(=O)N1CC2(CC[C@H](N3CCN(c4ncc(F)cc4-c4nncs4)CC3)C2)C1. The summed E-state index contributed by atoms with van der Waals surface area (Å²) in [5, 5.41) is 8.70. The summed E-state index contributed by atoms with van der Waals surface area (Å²) in [4.78, 5) is 22.9. The van der Waals surface area contributed by atoms with Gasteiger partial charge in [0.15, 0.2) is 5.01 Å². The Kier molecular flexibility index (Phi) is 5.51. The summed E-state index contributed by atoms with van der Waals surface area (Å²) < 4.78 is 19.0. The van der Waals surface area contributed by atoms with E-state index in [0.717, 1.165) is 51.5 Å². The number of hydrogen-bond donors (Lipinski definition) is 0. The molecule has 3 fully saturated rings. The maximum Gasteiger partial charge on any atom is 0.409 e. The van der Waals surface area contributed by atoms with Crippen LogP contribution in [0.1, 0.15) is 26.2 Å². The van der Waals surface area contributed by atoms with Crippen LogP contribution in [0.3, 0.4) is 0 Å². The van der Waals surface area contributed by atoms with Gasteiger partial charge in [-0.25, -0.2) is 14.2 Å². The number of nitrogens with zero attached hydrogens (tertiary/aromatic N) is 6. The third kappa shape index (κ3) is 3.98. The smallest absolute Gasteiger partial charge is 0.409 e. The molecule has 166 valence electrons. The second-order valence-corrected chi connectivity index (χ2v) is 9.58. The van der Waals surface area contributed by atoms with Gasteiger partial charge in [-0.15, -0.1) is 10.2 Å². The molecule has 0 aromatic carbocycles. The Morgan fingerprint density at radius 1 is 1.32 bits per heavy atom. The van der Waals surface area contributed by atoms with Gasteiger partial charge in [0.2, 0.25) is 0 Å². The molecule has 0 unspecified atom stereocenters. The topological polar surface area (TPSA) is 74.7 Å². The van der Waals surface area contributed by atoms with Crippen molar-refractivity contribution in [1.82, 2.24) is 25.0 Å². The summed E-state index contributed by atoms with van der Waals surface area (Å²) in [6.45, 7) is 7.54. The number of ether oxygens (including phenoxy) is 1. The normalized spacial score (nSPS) is 23.2. The van der Waals surface area contributed by atoms with Crippen molar-refractivity contribution < 1.29 is 13.9 Å². The van der Waals surface area contributed by atoms with Gasteiger partial charge in [-0.3, -0.25) is 4.90 Å². The first-order chi connectivity index (χ1) is 15.1. The number of hydrogen-bond acceptors (Lipinski definition) is 8. The molecule has 5 rings (SSSR count). The molecule has 8 nitrogen and oxygen atoms in total. The molecule has 10 heteroatoms. The van der Waals surface area contributed by atoms with Crippen LogP contribution < -0.4 is 4.90 Å². The van der Waals surface area contributed by atoms with E-state index in [-0.39, 0.29) is 17.3 Å². The molecule has 2 aliphatic heterocycles. The van der Waals surface area contributed by atoms with Crippen molar-refractivity contribution in [1.29, 1.82) is 0 Å². The van der Waals surface area contributed by atoms with Crippen LogP contribution in [0.15, 0.2) is 17.8 Å². The van der Waals surface area contributed by atoms with Gasteiger partial charge in [0.1, 0.15) is 17.1 Å². The standard InChI is InChI=1S/C21H27FN6O2S/c1-2-30-20(29)28-12-21(13-28)4-3-16(10-21)26-5-7-27(8-6-26)18-17(9-15(22)11-23-18)19-25-24-14-31-19/h9,11,14,16H,2-8,10,12-13H2,1H3/t16-/m0/s1. The van der Waals surface area contributed by atoms with Gasteiger partial charge in [0, 0.05) is 50.7 Å². The molecule has 4 heterocycles. The van der Waals surface area contributed by atoms with E-state index in [2.05, 4.69) is 25.0 Å². The predicted molar refractivity (Wildman–Crippen MR) is 116 cm³/mol. The van der Waals surface area contributed by atoms with E-state index in [9.17, 15) is 9.18 Å². The number of anilines is 1. The van der Waals surface area contributed by atoms with Crippen LogP contribution >= 0.6 is 11.3 Å². The highest BCUT2D eigenvalue weighted by molar-refractivity contribution is 7.12. The van der Waals surface area contributed by atoms with Crippen LogP contribution in [-0.4, -0.2) is 83.0 Å². The van der Waals surface area contributed by atoms with Gasteiger partial charge in [-0.2, -0.15) is 0 Å². The number of rotatable bonds is 4. The molecule has 3 aliphatic rings. The molecule has 2 aromatic heterocycles. The predicted octanol–water partition coefficient (Wildman–Crippen LogP) is 2.87. The fourth-order valence-electron chi connectivity index (χ4n) is 5.31. The molecule has 1 spiro atoms. The van der Waals surface area contributed by atoms with Crippen LogP contribution in [0.4, 0.5) is 15.0 Å². The Labute approximate surface area is 185 Å². The van der Waals surface area contributed by atoms with Crippen LogP contribution in [0.2, 0.25) is 0 Å². The van der Waals surface area contributed by atoms with E-state index in [1.165, 1.54) is 36.4 Å². The highest BCUT2D eigenvalue weighted by Crippen LogP contribution is 2.47. The third-order valence-corrected chi connectivity index (χ3v) is 7.53. The molecule has 0 N–H and O–H groups in total. The monoisotopic (exact) mass is 446 g/mol. The van der Waals surface area contributed by atoms with Gasteiger partial charge in [0.05, 0.1) is 18.4 Å². The first kappa shape index (κ1) is 20.6. The van der Waals surface area contributed by atoms with Crippen molar-refractivity contribution in [3.8, 4) is 10.6 Å². The van der Waals surface area contributed by atoms with Gasteiger partial charge in [0.25, 0.3) is 0 Å². The van der Waals surface area contributed by atoms with Gasteiger partial charge < -0.3 is 14.5 Å². The van der Waals surface area contributed by atoms with E-state index in [1.807, 2.05) is 11.8 Å². The summed E-state index contributed by atoms with van der Waals surface area (Å²) >= 11 is 1.39. The number of carbonyl (C=O) groups excluding carboxylic acids is 1. The second kappa shape index (κ2) is 8.31.